The van der Waals surface area contributed by atoms with Crippen LogP contribution in [0.15, 0.2) is 35.5 Å². The Morgan fingerprint density at radius 2 is 1.96 bits per heavy atom. The van der Waals surface area contributed by atoms with Crippen LogP contribution in [0, 0.1) is 6.92 Å². The van der Waals surface area contributed by atoms with Crippen molar-refractivity contribution >= 4 is 11.5 Å². The summed E-state index contributed by atoms with van der Waals surface area (Å²) in [4.78, 5) is 9.92. The Bertz CT molecular complexity index is 859. The van der Waals surface area contributed by atoms with E-state index in [0.29, 0.717) is 0 Å². The maximum Gasteiger partial charge on any atom is 0.134 e. The number of benzene rings is 1. The number of fused-ring (bicyclic) bond motifs is 4. The molecule has 1 N–H and O–H groups in total. The molecule has 1 aromatic carbocycles. The molecule has 4 heterocycles. The number of hydrogen-bond donors (Lipinski definition) is 1. The van der Waals surface area contributed by atoms with Gasteiger partial charge in [-0.25, -0.2) is 0 Å². The van der Waals surface area contributed by atoms with Gasteiger partial charge in [0.1, 0.15) is 11.5 Å². The smallest absolute Gasteiger partial charge is 0.134 e. The van der Waals surface area contributed by atoms with Gasteiger partial charge in [-0.2, -0.15) is 5.10 Å². The van der Waals surface area contributed by atoms with Crippen LogP contribution < -0.4 is 5.32 Å². The van der Waals surface area contributed by atoms with E-state index in [9.17, 15) is 0 Å². The standard InChI is InChI=1S/C20H26N6/c1-15-16(13-24(2)23-15)14-25-10-7-20(8-11-25)22-18-6-4-3-5-17(18)19-21-9-12-26(19)20/h3-6,13,22H,7-12,14H2,1-2H3. The number of rotatable bonds is 2. The van der Waals surface area contributed by atoms with Crippen molar-refractivity contribution in [2.75, 3.05) is 31.5 Å². The number of aliphatic imine (C=N–C) groups is 1. The van der Waals surface area contributed by atoms with Crippen molar-refractivity contribution in [2.24, 2.45) is 12.0 Å². The highest BCUT2D eigenvalue weighted by Crippen LogP contribution is 2.39. The first-order valence-corrected chi connectivity index (χ1v) is 9.56. The van der Waals surface area contributed by atoms with E-state index in [-0.39, 0.29) is 5.66 Å². The van der Waals surface area contributed by atoms with Crippen LogP contribution in [0.5, 0.6) is 0 Å². The molecule has 1 saturated heterocycles. The number of anilines is 1. The van der Waals surface area contributed by atoms with Crippen LogP contribution in [0.3, 0.4) is 0 Å². The summed E-state index contributed by atoms with van der Waals surface area (Å²) in [7, 11) is 2.00. The Hall–Kier alpha value is -2.34. The number of hydrogen-bond acceptors (Lipinski definition) is 5. The molecule has 1 fully saturated rings. The van der Waals surface area contributed by atoms with Crippen molar-refractivity contribution in [3.63, 3.8) is 0 Å². The first kappa shape index (κ1) is 15.9. The van der Waals surface area contributed by atoms with Gasteiger partial charge in [-0.3, -0.25) is 14.6 Å². The Kier molecular flexibility index (Phi) is 3.57. The van der Waals surface area contributed by atoms with Gasteiger partial charge in [0.25, 0.3) is 0 Å². The number of aryl methyl sites for hydroxylation is 2. The number of piperidine rings is 1. The van der Waals surface area contributed by atoms with Crippen molar-refractivity contribution in [3.8, 4) is 0 Å². The van der Waals surface area contributed by atoms with Crippen LogP contribution >= 0.6 is 0 Å². The molecule has 3 aliphatic rings. The zero-order chi connectivity index (χ0) is 17.7. The maximum atomic E-state index is 4.83. The molecule has 0 aliphatic carbocycles. The van der Waals surface area contributed by atoms with Crippen LogP contribution in [0.4, 0.5) is 5.69 Å². The molecule has 0 bridgehead atoms. The third-order valence-electron chi connectivity index (χ3n) is 6.09. The molecule has 26 heavy (non-hydrogen) atoms. The average Bonchev–Trinajstić information content (AvgIpc) is 3.25. The van der Waals surface area contributed by atoms with Crippen molar-refractivity contribution in [2.45, 2.75) is 32.0 Å². The van der Waals surface area contributed by atoms with E-state index >= 15 is 0 Å². The van der Waals surface area contributed by atoms with E-state index in [1.165, 1.54) is 22.6 Å². The van der Waals surface area contributed by atoms with Gasteiger partial charge in [0, 0.05) is 69.1 Å². The molecule has 0 saturated carbocycles. The topological polar surface area (TPSA) is 48.7 Å². The molecule has 0 atom stereocenters. The zero-order valence-corrected chi connectivity index (χ0v) is 15.6. The molecule has 6 nitrogen and oxygen atoms in total. The molecular weight excluding hydrogens is 324 g/mol. The van der Waals surface area contributed by atoms with Gasteiger partial charge >= 0.3 is 0 Å². The van der Waals surface area contributed by atoms with Crippen LogP contribution in [-0.4, -0.2) is 57.3 Å². The Morgan fingerprint density at radius 1 is 1.15 bits per heavy atom. The fourth-order valence-electron chi connectivity index (χ4n) is 4.72. The molecule has 1 spiro atoms. The quantitative estimate of drug-likeness (QED) is 0.902. The van der Waals surface area contributed by atoms with Gasteiger partial charge in [-0.05, 0) is 19.1 Å². The lowest BCUT2D eigenvalue weighted by atomic mass is 9.90. The van der Waals surface area contributed by atoms with E-state index < -0.39 is 0 Å². The number of nitrogens with one attached hydrogen (secondary N) is 1. The Morgan fingerprint density at radius 3 is 2.73 bits per heavy atom. The summed E-state index contributed by atoms with van der Waals surface area (Å²) >= 11 is 0. The monoisotopic (exact) mass is 350 g/mol. The molecule has 6 heteroatoms. The predicted molar refractivity (Wildman–Crippen MR) is 103 cm³/mol. The molecule has 3 aliphatic heterocycles. The Labute approximate surface area is 154 Å². The van der Waals surface area contributed by atoms with Gasteiger partial charge in [-0.15, -0.1) is 0 Å². The molecule has 1 aromatic heterocycles. The maximum absolute atomic E-state index is 4.83. The van der Waals surface area contributed by atoms with Gasteiger partial charge < -0.3 is 10.2 Å². The lowest BCUT2D eigenvalue weighted by Gasteiger charge is -2.52. The summed E-state index contributed by atoms with van der Waals surface area (Å²) in [5, 5.41) is 8.37. The van der Waals surface area contributed by atoms with Gasteiger partial charge in [0.05, 0.1) is 12.2 Å². The number of amidine groups is 1. The number of para-hydroxylation sites is 1. The molecular formula is C20H26N6. The molecule has 0 radical (unpaired) electrons. The van der Waals surface area contributed by atoms with Gasteiger partial charge in [-0.1, -0.05) is 12.1 Å². The number of likely N-dealkylation sites (tertiary alicyclic amines) is 1. The molecule has 0 amide bonds. The zero-order valence-electron chi connectivity index (χ0n) is 15.6. The largest absolute Gasteiger partial charge is 0.362 e. The van der Waals surface area contributed by atoms with E-state index in [4.69, 9.17) is 4.99 Å². The van der Waals surface area contributed by atoms with Crippen LogP contribution in [0.2, 0.25) is 0 Å². The second kappa shape index (κ2) is 5.84. The number of nitrogens with zero attached hydrogens (tertiary/aromatic N) is 5. The summed E-state index contributed by atoms with van der Waals surface area (Å²) in [6.07, 6.45) is 4.37. The Balaban J connectivity index is 1.36. The summed E-state index contributed by atoms with van der Waals surface area (Å²) in [5.74, 6) is 1.19. The van der Waals surface area contributed by atoms with Crippen LogP contribution in [-0.2, 0) is 13.6 Å². The highest BCUT2D eigenvalue weighted by atomic mass is 15.4. The minimum Gasteiger partial charge on any atom is -0.362 e. The summed E-state index contributed by atoms with van der Waals surface area (Å²) < 4.78 is 1.92. The summed E-state index contributed by atoms with van der Waals surface area (Å²) in [6.45, 7) is 7.21. The predicted octanol–water partition coefficient (Wildman–Crippen LogP) is 2.21. The van der Waals surface area contributed by atoms with E-state index in [0.717, 1.165) is 51.3 Å². The van der Waals surface area contributed by atoms with E-state index in [1.54, 1.807) is 0 Å². The van der Waals surface area contributed by atoms with E-state index in [1.807, 2.05) is 11.7 Å². The fourth-order valence-corrected chi connectivity index (χ4v) is 4.72. The lowest BCUT2D eigenvalue weighted by Crippen LogP contribution is -2.63. The first-order chi connectivity index (χ1) is 12.6. The van der Waals surface area contributed by atoms with Crippen LogP contribution in [0.25, 0.3) is 0 Å². The molecule has 2 aromatic rings. The van der Waals surface area contributed by atoms with Gasteiger partial charge in [0.15, 0.2) is 0 Å². The van der Waals surface area contributed by atoms with E-state index in [2.05, 4.69) is 57.6 Å². The van der Waals surface area contributed by atoms with Crippen molar-refractivity contribution in [1.29, 1.82) is 0 Å². The minimum absolute atomic E-state index is 0.0180. The third kappa shape index (κ3) is 2.43. The normalized spacial score (nSPS) is 21.3. The summed E-state index contributed by atoms with van der Waals surface area (Å²) in [5.41, 5.74) is 5.00. The highest BCUT2D eigenvalue weighted by molar-refractivity contribution is 6.06. The fraction of sp³-hybridized carbons (Fsp3) is 0.500. The SMILES string of the molecule is Cc1nn(C)cc1CN1CCC2(CC1)Nc1ccccc1C1=NCCN12. The highest BCUT2D eigenvalue weighted by Gasteiger charge is 2.46. The van der Waals surface area contributed by atoms with Gasteiger partial charge in [0.2, 0.25) is 0 Å². The first-order valence-electron chi connectivity index (χ1n) is 9.56. The average molecular weight is 350 g/mol. The van der Waals surface area contributed by atoms with Crippen molar-refractivity contribution < 1.29 is 0 Å². The van der Waals surface area contributed by atoms with Crippen molar-refractivity contribution in [1.82, 2.24) is 19.6 Å². The molecule has 5 rings (SSSR count). The lowest BCUT2D eigenvalue weighted by molar-refractivity contribution is 0.0895. The number of aromatic nitrogens is 2. The minimum atomic E-state index is 0.0180. The molecule has 0 unspecified atom stereocenters. The summed E-state index contributed by atoms with van der Waals surface area (Å²) in [6, 6.07) is 8.61. The van der Waals surface area contributed by atoms with Crippen LogP contribution in [0.1, 0.15) is 29.7 Å². The van der Waals surface area contributed by atoms with Crippen molar-refractivity contribution in [3.05, 3.63) is 47.3 Å². The second-order valence-corrected chi connectivity index (χ2v) is 7.75. The molecule has 136 valence electrons. The third-order valence-corrected chi connectivity index (χ3v) is 6.09. The second-order valence-electron chi connectivity index (χ2n) is 7.75.